The molecule has 1 aromatic rings. The minimum absolute atomic E-state index is 0.727. The molecule has 1 N–H and O–H groups in total. The molecule has 2 nitrogen and oxygen atoms in total. The molecule has 1 aromatic heterocycles. The summed E-state index contributed by atoms with van der Waals surface area (Å²) in [5.74, 6) is 2.67. The van der Waals surface area contributed by atoms with E-state index < -0.39 is 0 Å². The first kappa shape index (κ1) is 13.9. The first-order valence-electron chi connectivity index (χ1n) is 8.56. The molecule has 2 saturated carbocycles. The van der Waals surface area contributed by atoms with E-state index >= 15 is 0 Å². The zero-order chi connectivity index (χ0) is 13.6. The average Bonchev–Trinajstić information content (AvgIpc) is 3.21. The zero-order valence-electron chi connectivity index (χ0n) is 12.6. The molecule has 2 aliphatic rings. The van der Waals surface area contributed by atoms with Crippen molar-refractivity contribution < 1.29 is 0 Å². The highest BCUT2D eigenvalue weighted by Gasteiger charge is 2.29. The predicted octanol–water partition coefficient (Wildman–Crippen LogP) is 4.90. The number of hydrogen-bond donors (Lipinski definition) is 1. The van der Waals surface area contributed by atoms with Crippen LogP contribution in [0.1, 0.15) is 63.5 Å². The van der Waals surface area contributed by atoms with Gasteiger partial charge in [-0.15, -0.1) is 0 Å². The third-order valence-corrected chi connectivity index (χ3v) is 5.08. The molecule has 2 heteroatoms. The molecule has 3 rings (SSSR count). The van der Waals surface area contributed by atoms with E-state index in [-0.39, 0.29) is 0 Å². The standard InChI is InChI=1S/C18H28N2/c1-2-6-15(7-3-1)8-4-5-9-17(16-10-11-16)12-18-13-19-14-20-18/h5,9,13-17H,1-4,6-8,10-12H2,(H,19,20). The van der Waals surface area contributed by atoms with Gasteiger partial charge in [0.1, 0.15) is 0 Å². The van der Waals surface area contributed by atoms with Crippen LogP contribution in [0, 0.1) is 17.8 Å². The van der Waals surface area contributed by atoms with E-state index in [0.29, 0.717) is 0 Å². The molecule has 2 fully saturated rings. The van der Waals surface area contributed by atoms with Crippen LogP contribution in [-0.4, -0.2) is 9.97 Å². The second-order valence-electron chi connectivity index (χ2n) is 6.78. The Bertz CT molecular complexity index is 397. The summed E-state index contributed by atoms with van der Waals surface area (Å²) < 4.78 is 0. The first-order valence-corrected chi connectivity index (χ1v) is 8.56. The third-order valence-electron chi connectivity index (χ3n) is 5.08. The number of imidazole rings is 1. The molecule has 20 heavy (non-hydrogen) atoms. The molecule has 0 radical (unpaired) electrons. The van der Waals surface area contributed by atoms with E-state index in [1.807, 2.05) is 6.20 Å². The van der Waals surface area contributed by atoms with Crippen LogP contribution < -0.4 is 0 Å². The van der Waals surface area contributed by atoms with E-state index in [1.54, 1.807) is 6.33 Å². The Morgan fingerprint density at radius 1 is 1.20 bits per heavy atom. The van der Waals surface area contributed by atoms with E-state index in [1.165, 1.54) is 63.5 Å². The number of aromatic amines is 1. The molecule has 1 unspecified atom stereocenters. The van der Waals surface area contributed by atoms with Crippen LogP contribution in [-0.2, 0) is 6.42 Å². The summed E-state index contributed by atoms with van der Waals surface area (Å²) >= 11 is 0. The lowest BCUT2D eigenvalue weighted by molar-refractivity contribution is 0.341. The summed E-state index contributed by atoms with van der Waals surface area (Å²) in [6.45, 7) is 0. The van der Waals surface area contributed by atoms with Crippen molar-refractivity contribution in [1.82, 2.24) is 9.97 Å². The molecule has 0 saturated heterocycles. The quantitative estimate of drug-likeness (QED) is 0.703. The van der Waals surface area contributed by atoms with Crippen molar-refractivity contribution in [2.75, 3.05) is 0 Å². The van der Waals surface area contributed by atoms with Crippen LogP contribution in [0.25, 0.3) is 0 Å². The maximum Gasteiger partial charge on any atom is 0.0923 e. The summed E-state index contributed by atoms with van der Waals surface area (Å²) in [5.41, 5.74) is 1.22. The maximum absolute atomic E-state index is 4.38. The van der Waals surface area contributed by atoms with Gasteiger partial charge < -0.3 is 4.98 Å². The average molecular weight is 272 g/mol. The summed E-state index contributed by atoms with van der Waals surface area (Å²) in [5, 5.41) is 0. The van der Waals surface area contributed by atoms with Crippen molar-refractivity contribution in [3.63, 3.8) is 0 Å². The molecule has 0 aliphatic heterocycles. The van der Waals surface area contributed by atoms with E-state index in [2.05, 4.69) is 22.1 Å². The summed E-state index contributed by atoms with van der Waals surface area (Å²) in [4.78, 5) is 7.45. The second kappa shape index (κ2) is 7.10. The van der Waals surface area contributed by atoms with Crippen molar-refractivity contribution in [1.29, 1.82) is 0 Å². The van der Waals surface area contributed by atoms with Crippen LogP contribution in [0.5, 0.6) is 0 Å². The van der Waals surface area contributed by atoms with Gasteiger partial charge in [0.25, 0.3) is 0 Å². The minimum atomic E-state index is 0.727. The Kier molecular flexibility index (Phi) is 4.94. The number of allylic oxidation sites excluding steroid dienone is 2. The lowest BCUT2D eigenvalue weighted by Crippen LogP contribution is -2.06. The van der Waals surface area contributed by atoms with Gasteiger partial charge in [-0.3, -0.25) is 0 Å². The van der Waals surface area contributed by atoms with Gasteiger partial charge in [-0.25, -0.2) is 4.98 Å². The number of aromatic nitrogens is 2. The van der Waals surface area contributed by atoms with Crippen molar-refractivity contribution >= 4 is 0 Å². The molecular formula is C18H28N2. The summed E-state index contributed by atoms with van der Waals surface area (Å²) in [6.07, 6.45) is 22.8. The highest BCUT2D eigenvalue weighted by atomic mass is 14.9. The van der Waals surface area contributed by atoms with Crippen molar-refractivity contribution in [2.45, 2.75) is 64.2 Å². The normalized spacial score (nSPS) is 22.4. The fourth-order valence-electron chi connectivity index (χ4n) is 3.64. The zero-order valence-corrected chi connectivity index (χ0v) is 12.6. The molecule has 2 aliphatic carbocycles. The van der Waals surface area contributed by atoms with Gasteiger partial charge in [0.2, 0.25) is 0 Å². The molecule has 0 amide bonds. The Labute approximate surface area is 123 Å². The topological polar surface area (TPSA) is 28.7 Å². The lowest BCUT2D eigenvalue weighted by atomic mass is 9.86. The van der Waals surface area contributed by atoms with Gasteiger partial charge in [-0.1, -0.05) is 44.3 Å². The van der Waals surface area contributed by atoms with Gasteiger partial charge in [0.05, 0.1) is 12.0 Å². The van der Waals surface area contributed by atoms with Crippen LogP contribution >= 0.6 is 0 Å². The highest BCUT2D eigenvalue weighted by Crippen LogP contribution is 2.39. The Balaban J connectivity index is 1.42. The number of hydrogen-bond acceptors (Lipinski definition) is 1. The fraction of sp³-hybridized carbons (Fsp3) is 0.722. The first-order chi connectivity index (χ1) is 9.92. The molecule has 0 aromatic carbocycles. The monoisotopic (exact) mass is 272 g/mol. The predicted molar refractivity (Wildman–Crippen MR) is 83.5 cm³/mol. The molecule has 1 heterocycles. The van der Waals surface area contributed by atoms with Crippen LogP contribution in [0.15, 0.2) is 24.7 Å². The van der Waals surface area contributed by atoms with Gasteiger partial charge in [-0.2, -0.15) is 0 Å². The van der Waals surface area contributed by atoms with E-state index in [9.17, 15) is 0 Å². The minimum Gasteiger partial charge on any atom is -0.351 e. The van der Waals surface area contributed by atoms with Crippen molar-refractivity contribution in [3.05, 3.63) is 30.4 Å². The number of nitrogens with zero attached hydrogens (tertiary/aromatic N) is 1. The van der Waals surface area contributed by atoms with Gasteiger partial charge >= 0.3 is 0 Å². The van der Waals surface area contributed by atoms with E-state index in [4.69, 9.17) is 0 Å². The van der Waals surface area contributed by atoms with Gasteiger partial charge in [0.15, 0.2) is 0 Å². The largest absolute Gasteiger partial charge is 0.351 e. The van der Waals surface area contributed by atoms with E-state index in [0.717, 1.165) is 24.2 Å². The summed E-state index contributed by atoms with van der Waals surface area (Å²) in [6, 6.07) is 0. The molecular weight excluding hydrogens is 244 g/mol. The molecule has 110 valence electrons. The molecule has 0 bridgehead atoms. The van der Waals surface area contributed by atoms with Crippen LogP contribution in [0.3, 0.4) is 0 Å². The summed E-state index contributed by atoms with van der Waals surface area (Å²) in [7, 11) is 0. The van der Waals surface area contributed by atoms with Crippen molar-refractivity contribution in [2.24, 2.45) is 17.8 Å². The Morgan fingerprint density at radius 2 is 2.05 bits per heavy atom. The maximum atomic E-state index is 4.38. The van der Waals surface area contributed by atoms with Crippen LogP contribution in [0.4, 0.5) is 0 Å². The number of H-pyrrole nitrogens is 1. The lowest BCUT2D eigenvalue weighted by Gasteiger charge is -2.20. The number of nitrogens with one attached hydrogen (secondary N) is 1. The van der Waals surface area contributed by atoms with Gasteiger partial charge in [0, 0.05) is 6.20 Å². The van der Waals surface area contributed by atoms with Gasteiger partial charge in [-0.05, 0) is 49.9 Å². The second-order valence-corrected chi connectivity index (χ2v) is 6.78. The smallest absolute Gasteiger partial charge is 0.0923 e. The SMILES string of the molecule is C(=CC(Cc1c[nH]cn1)C1CC1)CCC1CCCCC1. The van der Waals surface area contributed by atoms with Crippen LogP contribution in [0.2, 0.25) is 0 Å². The Hall–Kier alpha value is -1.05. The highest BCUT2D eigenvalue weighted by molar-refractivity contribution is 5.05. The third kappa shape index (κ3) is 4.22. The molecule has 0 spiro atoms. The number of rotatable bonds is 7. The fourth-order valence-corrected chi connectivity index (χ4v) is 3.64. The van der Waals surface area contributed by atoms with Crippen molar-refractivity contribution in [3.8, 4) is 0 Å². The molecule has 1 atom stereocenters. The Morgan fingerprint density at radius 3 is 2.75 bits per heavy atom.